The van der Waals surface area contributed by atoms with Gasteiger partial charge in [-0.05, 0) is 28.1 Å². The highest BCUT2D eigenvalue weighted by Crippen LogP contribution is 2.30. The van der Waals surface area contributed by atoms with Gasteiger partial charge in [-0.2, -0.15) is 0 Å². The van der Waals surface area contributed by atoms with Crippen LogP contribution in [0.2, 0.25) is 5.02 Å². The minimum atomic E-state index is -0.717. The van der Waals surface area contributed by atoms with Crippen LogP contribution < -0.4 is 11.5 Å². The molecule has 2 rings (SSSR count). The van der Waals surface area contributed by atoms with Crippen LogP contribution in [0, 0.1) is 0 Å². The van der Waals surface area contributed by atoms with E-state index in [1.165, 1.54) is 0 Å². The largest absolute Gasteiger partial charge is 0.396 e. The number of aromatic nitrogens is 2. The lowest BCUT2D eigenvalue weighted by Crippen LogP contribution is -2.16. The van der Waals surface area contributed by atoms with Crippen molar-refractivity contribution in [3.8, 4) is 0 Å². The van der Waals surface area contributed by atoms with Crippen LogP contribution in [0.4, 0.5) is 5.69 Å². The summed E-state index contributed by atoms with van der Waals surface area (Å²) in [7, 11) is 0. The van der Waals surface area contributed by atoms with E-state index in [4.69, 9.17) is 23.1 Å². The number of amides is 1. The molecule has 2 aromatic rings. The quantitative estimate of drug-likeness (QED) is 0.838. The van der Waals surface area contributed by atoms with Crippen molar-refractivity contribution in [2.45, 2.75) is 0 Å². The van der Waals surface area contributed by atoms with Gasteiger partial charge in [0.05, 0.1) is 16.2 Å². The molecule has 1 aromatic heterocycles. The fourth-order valence-corrected chi connectivity index (χ4v) is 1.80. The Bertz CT molecular complexity index is 602. The smallest absolute Gasteiger partial charge is 0.271 e. The molecule has 4 N–H and O–H groups in total. The number of anilines is 1. The summed E-state index contributed by atoms with van der Waals surface area (Å²) in [5.41, 5.74) is 11.5. The molecular weight excluding hydrogens is 295 g/mol. The normalized spacial score (nSPS) is 10.6. The predicted molar refractivity (Wildman–Crippen MR) is 65.2 cm³/mol. The number of rotatable bonds is 1. The number of fused-ring (bicyclic) bond motifs is 1. The molecule has 0 fully saturated rings. The highest BCUT2D eigenvalue weighted by molar-refractivity contribution is 9.10. The van der Waals surface area contributed by atoms with E-state index in [-0.39, 0.29) is 11.4 Å². The van der Waals surface area contributed by atoms with Crippen LogP contribution in [0.3, 0.4) is 0 Å². The van der Waals surface area contributed by atoms with E-state index in [1.807, 2.05) is 0 Å². The summed E-state index contributed by atoms with van der Waals surface area (Å²) in [6, 6.07) is 3.28. The van der Waals surface area contributed by atoms with Gasteiger partial charge in [0.15, 0.2) is 5.69 Å². The highest BCUT2D eigenvalue weighted by atomic mass is 79.9. The average molecular weight is 302 g/mol. The van der Waals surface area contributed by atoms with Gasteiger partial charge in [-0.3, -0.25) is 4.79 Å². The molecule has 0 saturated carbocycles. The molecule has 0 aliphatic rings. The third kappa shape index (κ3) is 1.70. The second kappa shape index (κ2) is 3.88. The maximum atomic E-state index is 11.0. The zero-order chi connectivity index (χ0) is 11.9. The lowest BCUT2D eigenvalue weighted by atomic mass is 10.1. The van der Waals surface area contributed by atoms with Crippen molar-refractivity contribution >= 4 is 50.0 Å². The summed E-state index contributed by atoms with van der Waals surface area (Å²) in [6.45, 7) is 0. The third-order valence-corrected chi connectivity index (χ3v) is 3.27. The summed E-state index contributed by atoms with van der Waals surface area (Å²) in [5.74, 6) is -0.717. The molecule has 0 radical (unpaired) electrons. The number of carbonyl (C=O) groups is 1. The van der Waals surface area contributed by atoms with Gasteiger partial charge in [0.1, 0.15) is 0 Å². The SMILES string of the molecule is NC(=O)c1nnc2cc(Br)c(Cl)cc2c1N. The Hall–Kier alpha value is -1.40. The first-order valence-electron chi connectivity index (χ1n) is 4.21. The van der Waals surface area contributed by atoms with E-state index < -0.39 is 5.91 Å². The number of nitrogen functional groups attached to an aromatic ring is 1. The first-order chi connectivity index (χ1) is 7.50. The second-order valence-electron chi connectivity index (χ2n) is 3.11. The van der Waals surface area contributed by atoms with E-state index in [0.717, 1.165) is 0 Å². The van der Waals surface area contributed by atoms with Gasteiger partial charge >= 0.3 is 0 Å². The molecule has 0 spiro atoms. The maximum Gasteiger partial charge on any atom is 0.271 e. The fourth-order valence-electron chi connectivity index (χ4n) is 1.30. The van der Waals surface area contributed by atoms with Gasteiger partial charge in [-0.25, -0.2) is 0 Å². The first-order valence-corrected chi connectivity index (χ1v) is 5.38. The van der Waals surface area contributed by atoms with Gasteiger partial charge in [-0.1, -0.05) is 11.6 Å². The molecule has 1 amide bonds. The zero-order valence-corrected chi connectivity index (χ0v) is 10.2. The topological polar surface area (TPSA) is 94.9 Å². The van der Waals surface area contributed by atoms with Crippen LogP contribution in [-0.2, 0) is 0 Å². The molecule has 0 bridgehead atoms. The molecule has 7 heteroatoms. The molecule has 82 valence electrons. The molecule has 0 atom stereocenters. The molecule has 5 nitrogen and oxygen atoms in total. The fraction of sp³-hybridized carbons (Fsp3) is 0. The van der Waals surface area contributed by atoms with Crippen molar-refractivity contribution in [3.05, 3.63) is 27.3 Å². The Labute approximate surface area is 104 Å². The Kier molecular flexibility index (Phi) is 2.69. The average Bonchev–Trinajstić information content (AvgIpc) is 2.21. The summed E-state index contributed by atoms with van der Waals surface area (Å²) in [5, 5.41) is 8.54. The van der Waals surface area contributed by atoms with Crippen molar-refractivity contribution in [2.24, 2.45) is 5.73 Å². The van der Waals surface area contributed by atoms with Crippen molar-refractivity contribution in [2.75, 3.05) is 5.73 Å². The number of primary amides is 1. The van der Waals surface area contributed by atoms with Crippen LogP contribution in [-0.4, -0.2) is 16.1 Å². The summed E-state index contributed by atoms with van der Waals surface area (Å²) >= 11 is 9.18. The van der Waals surface area contributed by atoms with E-state index in [0.29, 0.717) is 20.4 Å². The van der Waals surface area contributed by atoms with Crippen LogP contribution in [0.25, 0.3) is 10.9 Å². The van der Waals surface area contributed by atoms with E-state index >= 15 is 0 Å². The highest BCUT2D eigenvalue weighted by Gasteiger charge is 2.13. The second-order valence-corrected chi connectivity index (χ2v) is 4.37. The van der Waals surface area contributed by atoms with Gasteiger partial charge in [0.2, 0.25) is 0 Å². The molecular formula is C9H6BrClN4O. The molecule has 1 aromatic carbocycles. The standard InChI is InChI=1S/C9H6BrClN4O/c10-4-2-6-3(1-5(4)11)7(12)8(9(13)16)15-14-6/h1-2H,(H2,12,14)(H2,13,16). The van der Waals surface area contributed by atoms with Crippen LogP contribution >= 0.6 is 27.5 Å². The number of carbonyl (C=O) groups excluding carboxylic acids is 1. The molecule has 1 heterocycles. The van der Waals surface area contributed by atoms with Crippen molar-refractivity contribution in [1.29, 1.82) is 0 Å². The first kappa shape index (κ1) is 11.1. The number of benzene rings is 1. The zero-order valence-electron chi connectivity index (χ0n) is 7.87. The Balaban J connectivity index is 2.84. The van der Waals surface area contributed by atoms with E-state index in [9.17, 15) is 4.79 Å². The van der Waals surface area contributed by atoms with E-state index in [1.54, 1.807) is 12.1 Å². The molecule has 0 saturated heterocycles. The van der Waals surface area contributed by atoms with E-state index in [2.05, 4.69) is 26.1 Å². The third-order valence-electron chi connectivity index (χ3n) is 2.08. The number of nitrogens with zero attached hydrogens (tertiary/aromatic N) is 2. The lowest BCUT2D eigenvalue weighted by Gasteiger charge is -2.05. The lowest BCUT2D eigenvalue weighted by molar-refractivity contribution is 0.0996. The van der Waals surface area contributed by atoms with Gasteiger partial charge < -0.3 is 11.5 Å². The monoisotopic (exact) mass is 300 g/mol. The Morgan fingerprint density at radius 3 is 2.69 bits per heavy atom. The van der Waals surface area contributed by atoms with Crippen molar-refractivity contribution < 1.29 is 4.79 Å². The predicted octanol–water partition coefficient (Wildman–Crippen LogP) is 1.73. The molecule has 0 unspecified atom stereocenters. The summed E-state index contributed by atoms with van der Waals surface area (Å²) in [4.78, 5) is 11.0. The van der Waals surface area contributed by atoms with Gasteiger partial charge in [-0.15, -0.1) is 10.2 Å². The molecule has 16 heavy (non-hydrogen) atoms. The Morgan fingerprint density at radius 2 is 2.06 bits per heavy atom. The number of hydrogen-bond donors (Lipinski definition) is 2. The molecule has 0 aliphatic carbocycles. The van der Waals surface area contributed by atoms with Gasteiger partial charge in [0, 0.05) is 9.86 Å². The van der Waals surface area contributed by atoms with Gasteiger partial charge in [0.25, 0.3) is 5.91 Å². The summed E-state index contributed by atoms with van der Waals surface area (Å²) < 4.78 is 0.683. The molecule has 0 aliphatic heterocycles. The number of nitrogens with two attached hydrogens (primary N) is 2. The van der Waals surface area contributed by atoms with Crippen molar-refractivity contribution in [3.63, 3.8) is 0 Å². The summed E-state index contributed by atoms with van der Waals surface area (Å²) in [6.07, 6.45) is 0. The van der Waals surface area contributed by atoms with Crippen molar-refractivity contribution in [1.82, 2.24) is 10.2 Å². The Morgan fingerprint density at radius 1 is 1.38 bits per heavy atom. The van der Waals surface area contributed by atoms with Crippen LogP contribution in [0.1, 0.15) is 10.5 Å². The maximum absolute atomic E-state index is 11.0. The number of halogens is 2. The van der Waals surface area contributed by atoms with Crippen LogP contribution in [0.15, 0.2) is 16.6 Å². The minimum Gasteiger partial charge on any atom is -0.396 e. The van der Waals surface area contributed by atoms with Crippen LogP contribution in [0.5, 0.6) is 0 Å². The minimum absolute atomic E-state index is 0.0501. The number of hydrogen-bond acceptors (Lipinski definition) is 4.